The standard InChI is InChI=1S/C15H22N2O4/c1-4-15(3,13(18)19)10-16-14(20)17-11-7-6-8-12(9-11)21-5-2/h6-9H,4-5,10H2,1-3H3,(H,18,19)(H2,16,17,20). The maximum Gasteiger partial charge on any atom is 0.319 e. The van der Waals surface area contributed by atoms with Crippen LogP contribution in [-0.2, 0) is 4.79 Å². The number of ether oxygens (including phenoxy) is 1. The van der Waals surface area contributed by atoms with Gasteiger partial charge in [0.25, 0.3) is 0 Å². The number of hydrogen-bond acceptors (Lipinski definition) is 3. The van der Waals surface area contributed by atoms with Crippen LogP contribution in [0.2, 0.25) is 0 Å². The summed E-state index contributed by atoms with van der Waals surface area (Å²) in [6, 6.07) is 6.57. The van der Waals surface area contributed by atoms with E-state index in [1.54, 1.807) is 38.1 Å². The van der Waals surface area contributed by atoms with Gasteiger partial charge in [0.2, 0.25) is 0 Å². The van der Waals surface area contributed by atoms with Gasteiger partial charge in [0.05, 0.1) is 12.0 Å². The molecule has 0 saturated heterocycles. The van der Waals surface area contributed by atoms with E-state index in [0.29, 0.717) is 24.5 Å². The molecule has 0 aliphatic heterocycles. The van der Waals surface area contributed by atoms with Crippen molar-refractivity contribution in [2.75, 3.05) is 18.5 Å². The van der Waals surface area contributed by atoms with Gasteiger partial charge >= 0.3 is 12.0 Å². The molecule has 0 aliphatic rings. The highest BCUT2D eigenvalue weighted by molar-refractivity contribution is 5.89. The van der Waals surface area contributed by atoms with Crippen LogP contribution in [-0.4, -0.2) is 30.3 Å². The van der Waals surface area contributed by atoms with Crippen molar-refractivity contribution in [1.82, 2.24) is 5.32 Å². The minimum absolute atomic E-state index is 0.0653. The number of rotatable bonds is 7. The fraction of sp³-hybridized carbons (Fsp3) is 0.467. The van der Waals surface area contributed by atoms with Crippen LogP contribution in [0.3, 0.4) is 0 Å². The number of amides is 2. The first-order valence-corrected chi connectivity index (χ1v) is 6.92. The molecule has 1 aromatic rings. The van der Waals surface area contributed by atoms with Crippen molar-refractivity contribution >= 4 is 17.7 Å². The molecule has 1 unspecified atom stereocenters. The highest BCUT2D eigenvalue weighted by atomic mass is 16.5. The number of carbonyl (C=O) groups excluding carboxylic acids is 1. The molecule has 116 valence electrons. The number of carboxylic acids is 1. The molecule has 0 bridgehead atoms. The number of carboxylic acid groups (broad SMARTS) is 1. The second kappa shape index (κ2) is 7.52. The molecule has 6 nitrogen and oxygen atoms in total. The number of aliphatic carboxylic acids is 1. The van der Waals surface area contributed by atoms with Crippen LogP contribution in [0.5, 0.6) is 5.75 Å². The maximum absolute atomic E-state index is 11.8. The van der Waals surface area contributed by atoms with Gasteiger partial charge in [-0.05, 0) is 32.4 Å². The molecule has 0 heterocycles. The summed E-state index contributed by atoms with van der Waals surface area (Å²) in [6.07, 6.45) is 0.433. The SMILES string of the molecule is CCOc1cccc(NC(=O)NCC(C)(CC)C(=O)O)c1. The molecule has 0 fully saturated rings. The lowest BCUT2D eigenvalue weighted by atomic mass is 9.88. The Hall–Kier alpha value is -2.24. The van der Waals surface area contributed by atoms with Crippen molar-refractivity contribution in [2.45, 2.75) is 27.2 Å². The molecule has 1 aromatic carbocycles. The third-order valence-electron chi connectivity index (χ3n) is 3.34. The van der Waals surface area contributed by atoms with E-state index < -0.39 is 17.4 Å². The zero-order valence-corrected chi connectivity index (χ0v) is 12.6. The first-order valence-electron chi connectivity index (χ1n) is 6.92. The lowest BCUT2D eigenvalue weighted by Gasteiger charge is -2.23. The van der Waals surface area contributed by atoms with E-state index in [9.17, 15) is 9.59 Å². The predicted octanol–water partition coefficient (Wildman–Crippen LogP) is 2.71. The van der Waals surface area contributed by atoms with E-state index in [0.717, 1.165) is 0 Å². The third kappa shape index (κ3) is 4.98. The molecular weight excluding hydrogens is 272 g/mol. The molecule has 0 saturated carbocycles. The summed E-state index contributed by atoms with van der Waals surface area (Å²) < 4.78 is 5.34. The van der Waals surface area contributed by atoms with Crippen LogP contribution >= 0.6 is 0 Å². The van der Waals surface area contributed by atoms with Gasteiger partial charge in [0.15, 0.2) is 0 Å². The number of nitrogens with one attached hydrogen (secondary N) is 2. The highest BCUT2D eigenvalue weighted by Gasteiger charge is 2.31. The molecule has 0 spiro atoms. The van der Waals surface area contributed by atoms with Crippen LogP contribution in [0, 0.1) is 5.41 Å². The van der Waals surface area contributed by atoms with Gasteiger partial charge in [-0.15, -0.1) is 0 Å². The summed E-state index contributed by atoms with van der Waals surface area (Å²) in [6.45, 7) is 5.87. The fourth-order valence-electron chi connectivity index (χ4n) is 1.63. The van der Waals surface area contributed by atoms with Crippen molar-refractivity contribution in [3.05, 3.63) is 24.3 Å². The van der Waals surface area contributed by atoms with Crippen molar-refractivity contribution in [3.8, 4) is 5.75 Å². The zero-order valence-electron chi connectivity index (χ0n) is 12.6. The molecule has 0 aromatic heterocycles. The Morgan fingerprint density at radius 2 is 2.05 bits per heavy atom. The van der Waals surface area contributed by atoms with Gasteiger partial charge in [-0.25, -0.2) is 4.79 Å². The number of hydrogen-bond donors (Lipinski definition) is 3. The van der Waals surface area contributed by atoms with Gasteiger partial charge in [0, 0.05) is 18.3 Å². The van der Waals surface area contributed by atoms with Crippen LogP contribution in [0.1, 0.15) is 27.2 Å². The van der Waals surface area contributed by atoms with Crippen LogP contribution < -0.4 is 15.4 Å². The molecule has 1 atom stereocenters. The van der Waals surface area contributed by atoms with Crippen LogP contribution in [0.25, 0.3) is 0 Å². The lowest BCUT2D eigenvalue weighted by molar-refractivity contribution is -0.147. The lowest BCUT2D eigenvalue weighted by Crippen LogP contribution is -2.42. The first kappa shape index (κ1) is 16.8. The van der Waals surface area contributed by atoms with Crippen molar-refractivity contribution in [1.29, 1.82) is 0 Å². The van der Waals surface area contributed by atoms with E-state index in [1.807, 2.05) is 6.92 Å². The minimum Gasteiger partial charge on any atom is -0.494 e. The average molecular weight is 294 g/mol. The second-order valence-electron chi connectivity index (χ2n) is 4.99. The second-order valence-corrected chi connectivity index (χ2v) is 4.99. The van der Waals surface area contributed by atoms with Crippen LogP contribution in [0.4, 0.5) is 10.5 Å². The quantitative estimate of drug-likeness (QED) is 0.721. The molecular formula is C15H22N2O4. The van der Waals surface area contributed by atoms with E-state index in [2.05, 4.69) is 10.6 Å². The summed E-state index contributed by atoms with van der Waals surface area (Å²) in [5.74, 6) is -0.261. The molecule has 0 radical (unpaired) electrons. The van der Waals surface area contributed by atoms with E-state index in [4.69, 9.17) is 9.84 Å². The summed E-state index contributed by atoms with van der Waals surface area (Å²) in [7, 11) is 0. The van der Waals surface area contributed by atoms with E-state index in [-0.39, 0.29) is 6.54 Å². The number of anilines is 1. The van der Waals surface area contributed by atoms with Gasteiger partial charge in [-0.2, -0.15) is 0 Å². The number of urea groups is 1. The fourth-order valence-corrected chi connectivity index (χ4v) is 1.63. The Morgan fingerprint density at radius 1 is 1.33 bits per heavy atom. The first-order chi connectivity index (χ1) is 9.91. The van der Waals surface area contributed by atoms with Crippen LogP contribution in [0.15, 0.2) is 24.3 Å². The third-order valence-corrected chi connectivity index (χ3v) is 3.34. The predicted molar refractivity (Wildman–Crippen MR) is 80.7 cm³/mol. The Kier molecular flexibility index (Phi) is 6.02. The van der Waals surface area contributed by atoms with E-state index >= 15 is 0 Å². The van der Waals surface area contributed by atoms with Gasteiger partial charge in [-0.1, -0.05) is 13.0 Å². The average Bonchev–Trinajstić information content (AvgIpc) is 2.45. The smallest absolute Gasteiger partial charge is 0.319 e. The Labute approximate surface area is 124 Å². The Bertz CT molecular complexity index is 504. The molecule has 0 aliphatic carbocycles. The van der Waals surface area contributed by atoms with Gasteiger partial charge in [0.1, 0.15) is 5.75 Å². The highest BCUT2D eigenvalue weighted by Crippen LogP contribution is 2.20. The zero-order chi connectivity index (χ0) is 15.9. The normalized spacial score (nSPS) is 13.1. The molecule has 21 heavy (non-hydrogen) atoms. The minimum atomic E-state index is -0.968. The summed E-state index contributed by atoms with van der Waals surface area (Å²) in [5, 5.41) is 14.4. The maximum atomic E-state index is 11.8. The molecule has 6 heteroatoms. The Balaban J connectivity index is 2.58. The largest absolute Gasteiger partial charge is 0.494 e. The van der Waals surface area contributed by atoms with E-state index in [1.165, 1.54) is 0 Å². The summed E-state index contributed by atoms with van der Waals surface area (Å²) >= 11 is 0. The molecule has 3 N–H and O–H groups in total. The molecule has 2 amide bonds. The molecule has 1 rings (SSSR count). The monoisotopic (exact) mass is 294 g/mol. The number of carbonyl (C=O) groups is 2. The summed E-state index contributed by atoms with van der Waals surface area (Å²) in [4.78, 5) is 23.0. The number of benzene rings is 1. The van der Waals surface area contributed by atoms with Crippen molar-refractivity contribution in [2.24, 2.45) is 5.41 Å². The van der Waals surface area contributed by atoms with Gasteiger partial charge < -0.3 is 20.5 Å². The van der Waals surface area contributed by atoms with Crippen molar-refractivity contribution < 1.29 is 19.4 Å². The Morgan fingerprint density at radius 3 is 2.62 bits per heavy atom. The van der Waals surface area contributed by atoms with Crippen molar-refractivity contribution in [3.63, 3.8) is 0 Å². The van der Waals surface area contributed by atoms with Gasteiger partial charge in [-0.3, -0.25) is 4.79 Å². The summed E-state index contributed by atoms with van der Waals surface area (Å²) in [5.41, 5.74) is -0.378. The topological polar surface area (TPSA) is 87.7 Å².